The predicted octanol–water partition coefficient (Wildman–Crippen LogP) is 2.32. The first-order chi connectivity index (χ1) is 12.8. The van der Waals surface area contributed by atoms with Gasteiger partial charge in [-0.2, -0.15) is 0 Å². The van der Waals surface area contributed by atoms with Gasteiger partial charge >= 0.3 is 0 Å². The first kappa shape index (κ1) is 19.9. The molecule has 2 N–H and O–H groups in total. The lowest BCUT2D eigenvalue weighted by Crippen LogP contribution is -2.23. The summed E-state index contributed by atoms with van der Waals surface area (Å²) < 4.78 is 32.6. The van der Waals surface area contributed by atoms with Crippen LogP contribution in [0.1, 0.15) is 10.4 Å². The van der Waals surface area contributed by atoms with Gasteiger partial charge in [-0.05, 0) is 24.3 Å². The van der Waals surface area contributed by atoms with E-state index >= 15 is 0 Å². The minimum absolute atomic E-state index is 0.0896. The van der Waals surface area contributed by atoms with E-state index < -0.39 is 20.9 Å². The van der Waals surface area contributed by atoms with Crippen molar-refractivity contribution in [2.24, 2.45) is 0 Å². The summed E-state index contributed by atoms with van der Waals surface area (Å²) in [5, 5.41) is 13.5. The molecule has 0 aliphatic heterocycles. The molecule has 0 unspecified atom stereocenters. The molecule has 0 atom stereocenters. The number of benzene rings is 2. The molecule has 0 fully saturated rings. The van der Waals surface area contributed by atoms with E-state index in [2.05, 4.69) is 16.6 Å². The molecule has 0 aromatic heterocycles. The normalized spacial score (nSPS) is 10.7. The number of hydrogen-bond donors (Lipinski definition) is 2. The molecular weight excluding hydrogens is 374 g/mol. The maximum absolute atomic E-state index is 12.7. The Morgan fingerprint density at radius 1 is 1.30 bits per heavy atom. The van der Waals surface area contributed by atoms with Gasteiger partial charge in [-0.3, -0.25) is 19.6 Å². The fourth-order valence-corrected chi connectivity index (χ4v) is 3.27. The quantitative estimate of drug-likeness (QED) is 0.404. The van der Waals surface area contributed by atoms with E-state index in [-0.39, 0.29) is 34.1 Å². The van der Waals surface area contributed by atoms with Gasteiger partial charge in [0, 0.05) is 24.2 Å². The van der Waals surface area contributed by atoms with Crippen LogP contribution in [0.3, 0.4) is 0 Å². The van der Waals surface area contributed by atoms with Crippen LogP contribution in [-0.4, -0.2) is 32.9 Å². The average Bonchev–Trinajstić information content (AvgIpc) is 2.65. The molecule has 0 aliphatic carbocycles. The number of sulfonamides is 1. The van der Waals surface area contributed by atoms with E-state index in [0.29, 0.717) is 0 Å². The zero-order valence-corrected chi connectivity index (χ0v) is 15.2. The molecule has 0 radical (unpaired) electrons. The molecule has 0 bridgehead atoms. The molecule has 2 aromatic rings. The average molecular weight is 391 g/mol. The van der Waals surface area contributed by atoms with Crippen molar-refractivity contribution in [3.05, 3.63) is 70.8 Å². The fraction of sp³-hybridized carbons (Fsp3) is 0.118. The van der Waals surface area contributed by atoms with E-state index in [1.165, 1.54) is 49.6 Å². The molecule has 1 amide bonds. The molecule has 0 saturated heterocycles. The monoisotopic (exact) mass is 391 g/mol. The summed E-state index contributed by atoms with van der Waals surface area (Å²) in [6.07, 6.45) is 1.49. The highest BCUT2D eigenvalue weighted by atomic mass is 32.2. The van der Waals surface area contributed by atoms with Gasteiger partial charge in [0.2, 0.25) is 0 Å². The van der Waals surface area contributed by atoms with Crippen LogP contribution in [0.15, 0.2) is 60.0 Å². The molecule has 0 spiro atoms. The number of nitro groups is 1. The Hall–Kier alpha value is -3.40. The Labute approximate surface area is 155 Å². The van der Waals surface area contributed by atoms with E-state index in [0.717, 1.165) is 6.07 Å². The Morgan fingerprint density at radius 2 is 2.04 bits per heavy atom. The number of anilines is 1. The van der Waals surface area contributed by atoms with Gasteiger partial charge in [-0.1, -0.05) is 12.1 Å². The summed E-state index contributed by atoms with van der Waals surface area (Å²) in [7, 11) is -2.81. The summed E-state index contributed by atoms with van der Waals surface area (Å²) in [6, 6.07) is 8.92. The van der Waals surface area contributed by atoms with E-state index in [4.69, 9.17) is 4.74 Å². The van der Waals surface area contributed by atoms with Gasteiger partial charge in [0.1, 0.15) is 5.75 Å². The number of non-ortho nitro benzene ring substituents is 1. The third-order valence-corrected chi connectivity index (χ3v) is 4.81. The second kappa shape index (κ2) is 8.32. The Kier molecular flexibility index (Phi) is 6.14. The summed E-state index contributed by atoms with van der Waals surface area (Å²) in [5.41, 5.74) is -0.245. The van der Waals surface area contributed by atoms with Gasteiger partial charge in [0.15, 0.2) is 0 Å². The van der Waals surface area contributed by atoms with E-state index in [9.17, 15) is 23.3 Å². The van der Waals surface area contributed by atoms with Crippen LogP contribution in [-0.2, 0) is 10.0 Å². The van der Waals surface area contributed by atoms with Gasteiger partial charge in [-0.15, -0.1) is 6.58 Å². The SMILES string of the molecule is C=CCNC(=O)c1cccc(S(=O)(=O)Nc2cc([N+](=O)[O-])ccc2OC)c1. The molecule has 9 nitrogen and oxygen atoms in total. The number of ether oxygens (including phenoxy) is 1. The highest BCUT2D eigenvalue weighted by Crippen LogP contribution is 2.30. The number of methoxy groups -OCH3 is 1. The number of rotatable bonds is 8. The van der Waals surface area contributed by atoms with Crippen LogP contribution < -0.4 is 14.8 Å². The van der Waals surface area contributed by atoms with Crippen molar-refractivity contribution in [2.45, 2.75) is 4.90 Å². The summed E-state index contributed by atoms with van der Waals surface area (Å²) in [4.78, 5) is 22.1. The minimum Gasteiger partial charge on any atom is -0.495 e. The Balaban J connectivity index is 2.37. The number of amides is 1. The molecule has 2 aromatic carbocycles. The van der Waals surface area contributed by atoms with Crippen molar-refractivity contribution in [2.75, 3.05) is 18.4 Å². The minimum atomic E-state index is -4.12. The van der Waals surface area contributed by atoms with E-state index in [1.807, 2.05) is 0 Å². The van der Waals surface area contributed by atoms with E-state index in [1.54, 1.807) is 0 Å². The standard InChI is InChI=1S/C17H17N3O6S/c1-3-9-18-17(21)12-5-4-6-14(10-12)27(24,25)19-15-11-13(20(22)23)7-8-16(15)26-2/h3-8,10-11,19H,1,9H2,2H3,(H,18,21). The summed E-state index contributed by atoms with van der Waals surface area (Å²) >= 11 is 0. The third-order valence-electron chi connectivity index (χ3n) is 3.45. The highest BCUT2D eigenvalue weighted by molar-refractivity contribution is 7.92. The first-order valence-electron chi connectivity index (χ1n) is 7.63. The van der Waals surface area contributed by atoms with Gasteiger partial charge < -0.3 is 10.1 Å². The van der Waals surface area contributed by atoms with Gasteiger partial charge in [-0.25, -0.2) is 8.42 Å². The van der Waals surface area contributed by atoms with Crippen molar-refractivity contribution in [3.63, 3.8) is 0 Å². The molecular formula is C17H17N3O6S. The van der Waals surface area contributed by atoms with Crippen molar-refractivity contribution in [1.29, 1.82) is 0 Å². The predicted molar refractivity (Wildman–Crippen MR) is 99.4 cm³/mol. The van der Waals surface area contributed by atoms with Crippen LogP contribution in [0, 0.1) is 10.1 Å². The Bertz CT molecular complexity index is 988. The zero-order valence-electron chi connectivity index (χ0n) is 14.3. The summed E-state index contributed by atoms with van der Waals surface area (Å²) in [6.45, 7) is 3.72. The maximum Gasteiger partial charge on any atom is 0.271 e. The maximum atomic E-state index is 12.7. The number of hydrogen-bond acceptors (Lipinski definition) is 6. The molecule has 0 saturated carbocycles. The summed E-state index contributed by atoms with van der Waals surface area (Å²) in [5.74, 6) is -0.344. The molecule has 2 rings (SSSR count). The molecule has 27 heavy (non-hydrogen) atoms. The van der Waals surface area contributed by atoms with Gasteiger partial charge in [0.05, 0.1) is 22.6 Å². The van der Waals surface area contributed by atoms with Gasteiger partial charge in [0.25, 0.3) is 21.6 Å². The van der Waals surface area contributed by atoms with Crippen molar-refractivity contribution in [1.82, 2.24) is 5.32 Å². The molecule has 0 aliphatic rings. The highest BCUT2D eigenvalue weighted by Gasteiger charge is 2.20. The van der Waals surface area contributed by atoms with Crippen LogP contribution >= 0.6 is 0 Å². The van der Waals surface area contributed by atoms with Crippen LogP contribution in [0.2, 0.25) is 0 Å². The van der Waals surface area contributed by atoms with Crippen molar-refractivity contribution in [3.8, 4) is 5.75 Å². The van der Waals surface area contributed by atoms with Crippen LogP contribution in [0.25, 0.3) is 0 Å². The topological polar surface area (TPSA) is 128 Å². The van der Waals surface area contributed by atoms with Crippen LogP contribution in [0.5, 0.6) is 5.75 Å². The lowest BCUT2D eigenvalue weighted by atomic mass is 10.2. The Morgan fingerprint density at radius 3 is 2.67 bits per heavy atom. The second-order valence-electron chi connectivity index (χ2n) is 5.27. The zero-order chi connectivity index (χ0) is 20.0. The molecule has 142 valence electrons. The van der Waals surface area contributed by atoms with Crippen molar-refractivity contribution < 1.29 is 22.9 Å². The number of nitrogens with zero attached hydrogens (tertiary/aromatic N) is 1. The molecule has 0 heterocycles. The largest absolute Gasteiger partial charge is 0.495 e. The third kappa shape index (κ3) is 4.82. The lowest BCUT2D eigenvalue weighted by Gasteiger charge is -2.12. The van der Waals surface area contributed by atoms with Crippen LogP contribution in [0.4, 0.5) is 11.4 Å². The second-order valence-corrected chi connectivity index (χ2v) is 6.96. The fourth-order valence-electron chi connectivity index (χ4n) is 2.16. The smallest absolute Gasteiger partial charge is 0.271 e. The molecule has 10 heteroatoms. The first-order valence-corrected chi connectivity index (χ1v) is 9.11. The van der Waals surface area contributed by atoms with Crippen molar-refractivity contribution >= 4 is 27.3 Å². The number of nitrogens with one attached hydrogen (secondary N) is 2. The number of carbonyl (C=O) groups is 1. The number of carbonyl (C=O) groups excluding carboxylic acids is 1. The lowest BCUT2D eigenvalue weighted by molar-refractivity contribution is -0.384. The number of nitro benzene ring substituents is 1.